The number of rotatable bonds is 12. The van der Waals surface area contributed by atoms with Gasteiger partial charge in [-0.15, -0.1) is 0 Å². The highest BCUT2D eigenvalue weighted by molar-refractivity contribution is 6.01. The molecule has 1 amide bonds. The normalized spacial score (nSPS) is 27.3. The summed E-state index contributed by atoms with van der Waals surface area (Å²) in [6, 6.07) is 10.1. The Morgan fingerprint density at radius 2 is 1.79 bits per heavy atom. The van der Waals surface area contributed by atoms with Crippen molar-refractivity contribution in [3.8, 4) is 0 Å². The molecular weight excluding hydrogens is 420 g/mol. The van der Waals surface area contributed by atoms with Crippen molar-refractivity contribution in [1.29, 1.82) is 0 Å². The third-order valence-electron chi connectivity index (χ3n) is 8.38. The number of amides is 1. The lowest BCUT2D eigenvalue weighted by molar-refractivity contribution is -0.124. The van der Waals surface area contributed by atoms with E-state index in [4.69, 9.17) is 4.98 Å². The number of unbranched alkanes of at least 4 members (excludes halogenated alkanes) is 3. The Balaban J connectivity index is 1.14. The fraction of sp³-hybridized carbons (Fsp3) is 0.621. The summed E-state index contributed by atoms with van der Waals surface area (Å²) in [7, 11) is 0. The number of nitrogens with one attached hydrogen (secondary N) is 3. The molecule has 0 atom stereocenters. The second kappa shape index (κ2) is 10.6. The fourth-order valence-corrected chi connectivity index (χ4v) is 7.37. The van der Waals surface area contributed by atoms with Crippen molar-refractivity contribution in [2.45, 2.75) is 77.6 Å². The van der Waals surface area contributed by atoms with E-state index in [1.165, 1.54) is 57.8 Å². The van der Waals surface area contributed by atoms with Gasteiger partial charge in [0.2, 0.25) is 5.91 Å². The molecule has 5 heteroatoms. The van der Waals surface area contributed by atoms with Gasteiger partial charge in [-0.2, -0.15) is 0 Å². The van der Waals surface area contributed by atoms with E-state index in [1.807, 2.05) is 24.3 Å². The van der Waals surface area contributed by atoms with Gasteiger partial charge in [0, 0.05) is 31.4 Å². The van der Waals surface area contributed by atoms with Crippen LogP contribution in [0.25, 0.3) is 10.9 Å². The van der Waals surface area contributed by atoms with Crippen LogP contribution in [-0.2, 0) is 4.79 Å². The first kappa shape index (κ1) is 23.6. The topological polar surface area (TPSA) is 66.0 Å². The van der Waals surface area contributed by atoms with E-state index in [9.17, 15) is 4.79 Å². The number of benzene rings is 1. The van der Waals surface area contributed by atoms with Gasteiger partial charge in [0.05, 0.1) is 11.2 Å². The highest BCUT2D eigenvalue weighted by Gasteiger charge is 2.51. The molecule has 6 rings (SSSR count). The largest absolute Gasteiger partial charge is 0.369 e. The monoisotopic (exact) mass is 461 g/mol. The fourth-order valence-electron chi connectivity index (χ4n) is 7.37. The Morgan fingerprint density at radius 3 is 2.53 bits per heavy atom. The number of fused-ring (bicyclic) bond motifs is 1. The van der Waals surface area contributed by atoms with Crippen molar-refractivity contribution in [2.24, 2.45) is 23.2 Å². The first-order valence-electron chi connectivity index (χ1n) is 13.6. The van der Waals surface area contributed by atoms with Gasteiger partial charge in [-0.1, -0.05) is 32.3 Å². The highest BCUT2D eigenvalue weighted by Crippen LogP contribution is 2.61. The van der Waals surface area contributed by atoms with Gasteiger partial charge in [0.15, 0.2) is 0 Å². The first-order valence-corrected chi connectivity index (χ1v) is 13.6. The van der Waals surface area contributed by atoms with Gasteiger partial charge in [0.25, 0.3) is 0 Å². The number of carbonyl (C=O) groups excluding carboxylic acids is 1. The second-order valence-corrected chi connectivity index (χ2v) is 11.3. The summed E-state index contributed by atoms with van der Waals surface area (Å²) in [6.45, 7) is 6.11. The van der Waals surface area contributed by atoms with Crippen LogP contribution in [0.3, 0.4) is 0 Å². The molecule has 0 saturated heterocycles. The van der Waals surface area contributed by atoms with E-state index in [2.05, 4.69) is 35.5 Å². The van der Waals surface area contributed by atoms with E-state index >= 15 is 0 Å². The predicted octanol–water partition coefficient (Wildman–Crippen LogP) is 6.52. The number of pyridine rings is 1. The van der Waals surface area contributed by atoms with Gasteiger partial charge in [0.1, 0.15) is 5.82 Å². The average molecular weight is 462 g/mol. The van der Waals surface area contributed by atoms with Crippen LogP contribution in [0.5, 0.6) is 0 Å². The number of aromatic nitrogens is 1. The van der Waals surface area contributed by atoms with Crippen molar-refractivity contribution >= 4 is 28.3 Å². The maximum absolute atomic E-state index is 13.1. The molecule has 2 aromatic rings. The number of nitrogens with zero attached hydrogens (tertiary/aromatic N) is 1. The maximum Gasteiger partial charge on any atom is 0.224 e. The van der Waals surface area contributed by atoms with Crippen molar-refractivity contribution in [3.63, 3.8) is 0 Å². The summed E-state index contributed by atoms with van der Waals surface area (Å²) in [5.74, 6) is 3.68. The molecule has 1 heterocycles. The standard InChI is InChI=1S/C29H41N4O/c1-2-3-4-5-11-30-12-13-31-27-10-9-24-25(32-27)7-6-8-26(24)33-28(34)20-29-17-21-14-22(18-29)16-23(15-21)19-29/h6-11,21-23,30H,2-5,12-20H2,1H3,(H,31,32)(H,33,34). The number of hydrogen-bond donors (Lipinski definition) is 3. The van der Waals surface area contributed by atoms with Crippen molar-refractivity contribution in [3.05, 3.63) is 36.9 Å². The molecule has 1 radical (unpaired) electrons. The Hall–Kier alpha value is -2.14. The lowest BCUT2D eigenvalue weighted by Crippen LogP contribution is -2.47. The van der Waals surface area contributed by atoms with Gasteiger partial charge in [-0.25, -0.2) is 4.98 Å². The first-order chi connectivity index (χ1) is 16.6. The molecule has 5 nitrogen and oxygen atoms in total. The Labute approximate surface area is 204 Å². The Kier molecular flexibility index (Phi) is 7.38. The molecule has 4 bridgehead atoms. The Bertz CT molecular complexity index is 952. The van der Waals surface area contributed by atoms with Crippen LogP contribution in [0.15, 0.2) is 30.3 Å². The van der Waals surface area contributed by atoms with Crippen molar-refractivity contribution in [2.75, 3.05) is 23.7 Å². The summed E-state index contributed by atoms with van der Waals surface area (Å²) in [5, 5.41) is 11.0. The molecule has 1 aromatic carbocycles. The zero-order chi connectivity index (χ0) is 23.4. The van der Waals surface area contributed by atoms with Gasteiger partial charge < -0.3 is 16.0 Å². The smallest absolute Gasteiger partial charge is 0.224 e. The van der Waals surface area contributed by atoms with E-state index < -0.39 is 0 Å². The summed E-state index contributed by atoms with van der Waals surface area (Å²) < 4.78 is 0. The molecule has 183 valence electrons. The van der Waals surface area contributed by atoms with Crippen LogP contribution in [-0.4, -0.2) is 24.0 Å². The van der Waals surface area contributed by atoms with E-state index in [0.717, 1.165) is 59.7 Å². The minimum atomic E-state index is 0.179. The van der Waals surface area contributed by atoms with Crippen LogP contribution >= 0.6 is 0 Å². The van der Waals surface area contributed by atoms with Crippen LogP contribution in [0.2, 0.25) is 0 Å². The predicted molar refractivity (Wildman–Crippen MR) is 141 cm³/mol. The molecule has 0 spiro atoms. The molecule has 3 N–H and O–H groups in total. The molecule has 4 aliphatic carbocycles. The van der Waals surface area contributed by atoms with Crippen molar-refractivity contribution in [1.82, 2.24) is 10.3 Å². The van der Waals surface area contributed by atoms with Crippen LogP contribution in [0.1, 0.15) is 77.6 Å². The third-order valence-corrected chi connectivity index (χ3v) is 8.38. The minimum Gasteiger partial charge on any atom is -0.369 e. The zero-order valence-corrected chi connectivity index (χ0v) is 20.7. The van der Waals surface area contributed by atoms with Gasteiger partial charge in [-0.3, -0.25) is 4.79 Å². The van der Waals surface area contributed by atoms with E-state index in [0.29, 0.717) is 6.42 Å². The highest BCUT2D eigenvalue weighted by atomic mass is 16.1. The van der Waals surface area contributed by atoms with Gasteiger partial charge in [-0.05, 0) is 92.4 Å². The molecule has 4 aliphatic rings. The zero-order valence-electron chi connectivity index (χ0n) is 20.7. The average Bonchev–Trinajstić information content (AvgIpc) is 2.79. The number of hydrogen-bond acceptors (Lipinski definition) is 4. The van der Waals surface area contributed by atoms with E-state index in [1.54, 1.807) is 0 Å². The molecule has 4 saturated carbocycles. The molecule has 0 aliphatic heterocycles. The molecule has 4 fully saturated rings. The van der Waals surface area contributed by atoms with Crippen molar-refractivity contribution < 1.29 is 4.79 Å². The molecular formula is C29H41N4O. The quantitative estimate of drug-likeness (QED) is 0.315. The maximum atomic E-state index is 13.1. The molecule has 0 unspecified atom stereocenters. The summed E-state index contributed by atoms with van der Waals surface area (Å²) in [4.78, 5) is 17.9. The molecule has 34 heavy (non-hydrogen) atoms. The number of anilines is 2. The minimum absolute atomic E-state index is 0.179. The summed E-state index contributed by atoms with van der Waals surface area (Å²) in [6.07, 6.45) is 13.7. The third kappa shape index (κ3) is 5.56. The van der Waals surface area contributed by atoms with E-state index in [-0.39, 0.29) is 11.3 Å². The van der Waals surface area contributed by atoms with Crippen LogP contribution < -0.4 is 16.0 Å². The van der Waals surface area contributed by atoms with Crippen LogP contribution in [0, 0.1) is 29.7 Å². The second-order valence-electron chi connectivity index (χ2n) is 11.3. The lowest BCUT2D eigenvalue weighted by Gasteiger charge is -2.56. The lowest BCUT2D eigenvalue weighted by atomic mass is 9.49. The van der Waals surface area contributed by atoms with Gasteiger partial charge >= 0.3 is 0 Å². The summed E-state index contributed by atoms with van der Waals surface area (Å²) in [5.41, 5.74) is 2.06. The summed E-state index contributed by atoms with van der Waals surface area (Å²) >= 11 is 0. The van der Waals surface area contributed by atoms with Crippen LogP contribution in [0.4, 0.5) is 11.5 Å². The Morgan fingerprint density at radius 1 is 1.03 bits per heavy atom. The number of carbonyl (C=O) groups is 1. The SMILES string of the molecule is CCCCC[CH]NCCNc1ccc2c(NC(=O)CC34CC5CC(CC(C5)C3)C4)cccc2n1. The molecule has 1 aromatic heterocycles.